The van der Waals surface area contributed by atoms with E-state index in [1.54, 1.807) is 0 Å². The highest BCUT2D eigenvalue weighted by molar-refractivity contribution is 7.89. The van der Waals surface area contributed by atoms with Gasteiger partial charge < -0.3 is 9.26 Å². The number of hydrogen-bond acceptors (Lipinski definition) is 8. The highest BCUT2D eigenvalue weighted by Crippen LogP contribution is 2.40. The molecule has 2 N–H and O–H groups in total. The van der Waals surface area contributed by atoms with Crippen molar-refractivity contribution in [3.05, 3.63) is 66.0 Å². The summed E-state index contributed by atoms with van der Waals surface area (Å²) in [5.74, 6) is -1.93. The third-order valence-corrected chi connectivity index (χ3v) is 6.72. The lowest BCUT2D eigenvalue weighted by atomic mass is 10.1. The average Bonchev–Trinajstić information content (AvgIpc) is 3.57. The van der Waals surface area contributed by atoms with Crippen LogP contribution in [-0.4, -0.2) is 45.9 Å². The third kappa shape index (κ3) is 6.30. The zero-order valence-electron chi connectivity index (χ0n) is 21.2. The van der Waals surface area contributed by atoms with Crippen molar-refractivity contribution in [2.75, 3.05) is 6.61 Å². The number of benzene rings is 2. The van der Waals surface area contributed by atoms with E-state index in [1.807, 2.05) is 0 Å². The molecule has 20 heteroatoms. The van der Waals surface area contributed by atoms with Crippen molar-refractivity contribution in [1.82, 2.24) is 24.7 Å². The summed E-state index contributed by atoms with van der Waals surface area (Å²) >= 11 is 0. The lowest BCUT2D eigenvalue weighted by Gasteiger charge is -2.17. The standard InChI is InChI=1S/C24H13F9N6O4S/c25-22(26,27)10-42-17-7-11(4-5-15(17)23(28,29)30)16-8-18(24(31,32)33)39-20(36-16)14(9-35-39)21-37-19(38-43-21)12-2-1-3-13(6-12)44(34,40)41/h1-9H,10H2,(H2,34,40,41). The molecule has 3 heterocycles. The maximum absolute atomic E-state index is 14.0. The van der Waals surface area contributed by atoms with E-state index in [-0.39, 0.29) is 21.8 Å². The smallest absolute Gasteiger partial charge is 0.433 e. The van der Waals surface area contributed by atoms with Gasteiger partial charge in [-0.25, -0.2) is 23.1 Å². The van der Waals surface area contributed by atoms with Gasteiger partial charge in [0.05, 0.1) is 22.3 Å². The summed E-state index contributed by atoms with van der Waals surface area (Å²) in [7, 11) is -4.12. The number of aromatic nitrogens is 5. The molecule has 0 unspecified atom stereocenters. The molecule has 0 atom stereocenters. The number of rotatable bonds is 6. The van der Waals surface area contributed by atoms with Crippen molar-refractivity contribution in [3.63, 3.8) is 0 Å². The molecule has 0 bridgehead atoms. The first-order valence-corrected chi connectivity index (χ1v) is 13.2. The molecular weight excluding hydrogens is 639 g/mol. The number of halogens is 9. The number of nitrogens with zero attached hydrogens (tertiary/aromatic N) is 5. The first-order valence-electron chi connectivity index (χ1n) is 11.7. The van der Waals surface area contributed by atoms with Crippen LogP contribution in [0.25, 0.3) is 39.7 Å². The summed E-state index contributed by atoms with van der Waals surface area (Å²) < 4.78 is 154. The number of fused-ring (bicyclic) bond motifs is 1. The van der Waals surface area contributed by atoms with Crippen LogP contribution in [0.5, 0.6) is 5.75 Å². The van der Waals surface area contributed by atoms with Crippen LogP contribution < -0.4 is 9.88 Å². The summed E-state index contributed by atoms with van der Waals surface area (Å²) in [6.07, 6.45) is -14.4. The number of ether oxygens (including phenoxy) is 1. The second kappa shape index (κ2) is 10.5. The van der Waals surface area contributed by atoms with E-state index in [0.717, 1.165) is 12.3 Å². The van der Waals surface area contributed by atoms with Gasteiger partial charge in [-0.05, 0) is 30.3 Å². The molecule has 0 saturated heterocycles. The van der Waals surface area contributed by atoms with E-state index in [1.165, 1.54) is 18.2 Å². The Morgan fingerprint density at radius 3 is 2.25 bits per heavy atom. The molecule has 0 spiro atoms. The van der Waals surface area contributed by atoms with Gasteiger partial charge in [-0.3, -0.25) is 0 Å². The van der Waals surface area contributed by atoms with E-state index >= 15 is 0 Å². The minimum Gasteiger partial charge on any atom is -0.483 e. The lowest BCUT2D eigenvalue weighted by molar-refractivity contribution is -0.158. The van der Waals surface area contributed by atoms with E-state index in [0.29, 0.717) is 28.8 Å². The summed E-state index contributed by atoms with van der Waals surface area (Å²) in [5, 5.41) is 12.5. The van der Waals surface area contributed by atoms with Crippen molar-refractivity contribution in [3.8, 4) is 39.8 Å². The first kappa shape index (κ1) is 30.7. The van der Waals surface area contributed by atoms with Gasteiger partial charge in [0.1, 0.15) is 11.3 Å². The van der Waals surface area contributed by atoms with E-state index in [4.69, 9.17) is 9.66 Å². The summed E-state index contributed by atoms with van der Waals surface area (Å²) in [6, 6.07) is 6.97. The quantitative estimate of drug-likeness (QED) is 0.229. The highest BCUT2D eigenvalue weighted by Gasteiger charge is 2.38. The topological polar surface area (TPSA) is 138 Å². The first-order chi connectivity index (χ1) is 20.3. The Bertz CT molecular complexity index is 1980. The Kier molecular flexibility index (Phi) is 7.31. The van der Waals surface area contributed by atoms with Crippen molar-refractivity contribution >= 4 is 15.7 Å². The fourth-order valence-corrected chi connectivity index (χ4v) is 4.48. The fourth-order valence-electron chi connectivity index (χ4n) is 3.92. The second-order valence-corrected chi connectivity index (χ2v) is 10.5. The SMILES string of the molecule is NS(=O)(=O)c1cccc(-c2noc(-c3cnn4c(C(F)(F)F)cc(-c5ccc(C(F)(F)F)c(OCC(F)(F)F)c5)nc34)n2)c1. The minimum atomic E-state index is -5.16. The molecule has 3 aromatic heterocycles. The maximum Gasteiger partial charge on any atom is 0.433 e. The van der Waals surface area contributed by atoms with Crippen molar-refractivity contribution in [2.45, 2.75) is 23.4 Å². The highest BCUT2D eigenvalue weighted by atomic mass is 32.2. The summed E-state index contributed by atoms with van der Waals surface area (Å²) in [6.45, 7) is -2.10. The molecule has 0 fully saturated rings. The van der Waals surface area contributed by atoms with Gasteiger partial charge in [0.15, 0.2) is 17.9 Å². The molecule has 2 aromatic carbocycles. The number of nitrogens with two attached hydrogens (primary N) is 1. The molecule has 10 nitrogen and oxygen atoms in total. The van der Waals surface area contributed by atoms with Crippen LogP contribution in [0.4, 0.5) is 39.5 Å². The molecule has 232 valence electrons. The zero-order valence-corrected chi connectivity index (χ0v) is 22.0. The molecule has 0 saturated carbocycles. The van der Waals surface area contributed by atoms with Gasteiger partial charge in [-0.15, -0.1) is 0 Å². The van der Waals surface area contributed by atoms with Crippen LogP contribution in [0.1, 0.15) is 11.3 Å². The number of primary sulfonamides is 1. The van der Waals surface area contributed by atoms with Gasteiger partial charge >= 0.3 is 18.5 Å². The largest absolute Gasteiger partial charge is 0.483 e. The number of sulfonamides is 1. The fraction of sp³-hybridized carbons (Fsp3) is 0.167. The molecule has 0 radical (unpaired) electrons. The van der Waals surface area contributed by atoms with Gasteiger partial charge in [0, 0.05) is 11.1 Å². The zero-order chi connectivity index (χ0) is 32.2. The predicted octanol–water partition coefficient (Wildman–Crippen LogP) is 5.74. The van der Waals surface area contributed by atoms with Crippen molar-refractivity contribution < 1.29 is 57.2 Å². The second-order valence-electron chi connectivity index (χ2n) is 8.93. The molecule has 5 aromatic rings. The molecule has 0 aliphatic heterocycles. The summed E-state index contributed by atoms with van der Waals surface area (Å²) in [4.78, 5) is 7.80. The predicted molar refractivity (Wildman–Crippen MR) is 130 cm³/mol. The third-order valence-electron chi connectivity index (χ3n) is 5.81. The Morgan fingerprint density at radius 2 is 1.61 bits per heavy atom. The van der Waals surface area contributed by atoms with Gasteiger partial charge in [0.25, 0.3) is 5.89 Å². The van der Waals surface area contributed by atoms with Gasteiger partial charge in [-0.2, -0.15) is 49.6 Å². The molecular formula is C24H13F9N6O4S. The van der Waals surface area contributed by atoms with Crippen LogP contribution in [0.2, 0.25) is 0 Å². The van der Waals surface area contributed by atoms with Crippen molar-refractivity contribution in [1.29, 1.82) is 0 Å². The molecule has 0 amide bonds. The molecule has 5 rings (SSSR count). The monoisotopic (exact) mass is 652 g/mol. The Labute approximate surface area is 238 Å². The number of alkyl halides is 9. The Balaban J connectivity index is 1.64. The maximum atomic E-state index is 14.0. The Morgan fingerprint density at radius 1 is 0.886 bits per heavy atom. The van der Waals surface area contributed by atoms with E-state index in [9.17, 15) is 47.9 Å². The van der Waals surface area contributed by atoms with Crippen LogP contribution >= 0.6 is 0 Å². The minimum absolute atomic E-state index is 0.101. The number of hydrogen-bond donors (Lipinski definition) is 1. The lowest BCUT2D eigenvalue weighted by Crippen LogP contribution is -2.21. The summed E-state index contributed by atoms with van der Waals surface area (Å²) in [5.41, 5.74) is -4.87. The van der Waals surface area contributed by atoms with E-state index in [2.05, 4.69) is 25.0 Å². The van der Waals surface area contributed by atoms with Gasteiger partial charge in [0.2, 0.25) is 15.8 Å². The average molecular weight is 652 g/mol. The Hall–Kier alpha value is -4.72. The molecule has 0 aliphatic rings. The van der Waals surface area contributed by atoms with Crippen LogP contribution in [0.3, 0.4) is 0 Å². The molecule has 44 heavy (non-hydrogen) atoms. The van der Waals surface area contributed by atoms with Crippen LogP contribution in [-0.2, 0) is 22.4 Å². The van der Waals surface area contributed by atoms with Crippen LogP contribution in [0, 0.1) is 0 Å². The molecule has 0 aliphatic carbocycles. The van der Waals surface area contributed by atoms with E-state index < -0.39 is 75.0 Å². The van der Waals surface area contributed by atoms with Crippen molar-refractivity contribution in [2.24, 2.45) is 5.14 Å². The van der Waals surface area contributed by atoms with Gasteiger partial charge in [-0.1, -0.05) is 23.4 Å². The van der Waals surface area contributed by atoms with Crippen LogP contribution in [0.15, 0.2) is 64.1 Å². The normalized spacial score (nSPS) is 13.0.